The van der Waals surface area contributed by atoms with Crippen LogP contribution in [0.3, 0.4) is 0 Å². The maximum absolute atomic E-state index is 6.30. The molecule has 2 bridgehead atoms. The molecular weight excluding hydrogens is 268 g/mol. The Balaban J connectivity index is 1.84. The Morgan fingerprint density at radius 1 is 1.20 bits per heavy atom. The Labute approximate surface area is 103 Å². The van der Waals surface area contributed by atoms with E-state index < -0.39 is 8.32 Å². The van der Waals surface area contributed by atoms with Crippen LogP contribution in [0.15, 0.2) is 0 Å². The zero-order chi connectivity index (χ0) is 11.5. The fourth-order valence-corrected chi connectivity index (χ4v) is 5.45. The molecule has 3 fully saturated rings. The number of rotatable bonds is 3. The van der Waals surface area contributed by atoms with Crippen LogP contribution < -0.4 is 0 Å². The van der Waals surface area contributed by atoms with E-state index in [2.05, 4.69) is 49.8 Å². The normalized spacial score (nSPS) is 39.6. The molecule has 0 radical (unpaired) electrons. The first-order valence-corrected chi connectivity index (χ1v) is 9.61. The third kappa shape index (κ3) is 1.95. The summed E-state index contributed by atoms with van der Waals surface area (Å²) in [7, 11) is -1.51. The van der Waals surface area contributed by atoms with Gasteiger partial charge in [0, 0.05) is 10.9 Å². The molecule has 88 valence electrons. The van der Waals surface area contributed by atoms with Crippen molar-refractivity contribution in [1.29, 1.82) is 0 Å². The van der Waals surface area contributed by atoms with Crippen LogP contribution >= 0.6 is 15.9 Å². The minimum atomic E-state index is -1.51. The van der Waals surface area contributed by atoms with E-state index in [0.717, 1.165) is 6.61 Å². The summed E-state index contributed by atoms with van der Waals surface area (Å²) < 4.78 is 6.83. The summed E-state index contributed by atoms with van der Waals surface area (Å²) in [6.45, 7) is 12.6. The van der Waals surface area contributed by atoms with Crippen molar-refractivity contribution in [2.75, 3.05) is 6.61 Å². The average Bonchev–Trinajstić information content (AvgIpc) is 1.91. The standard InChI is InChI=1S/C12H23BrOSi/c1-10(2,3)15(4,5)14-9-11-6-12(13,7-11)8-11/h6-9H2,1-5H3. The highest BCUT2D eigenvalue weighted by molar-refractivity contribution is 9.10. The second-order valence-electron chi connectivity index (χ2n) is 7.23. The summed E-state index contributed by atoms with van der Waals surface area (Å²) in [6.07, 6.45) is 4.03. The number of hydrogen-bond acceptors (Lipinski definition) is 1. The fraction of sp³-hybridized carbons (Fsp3) is 1.00. The van der Waals surface area contributed by atoms with Gasteiger partial charge in [-0.15, -0.1) is 0 Å². The molecule has 0 N–H and O–H groups in total. The molecule has 0 unspecified atom stereocenters. The van der Waals surface area contributed by atoms with E-state index >= 15 is 0 Å². The summed E-state index contributed by atoms with van der Waals surface area (Å²) in [5.41, 5.74) is 0.568. The van der Waals surface area contributed by atoms with Gasteiger partial charge in [0.2, 0.25) is 0 Å². The summed E-state index contributed by atoms with van der Waals surface area (Å²) in [5, 5.41) is 0.350. The third-order valence-electron chi connectivity index (χ3n) is 4.62. The molecule has 0 aromatic carbocycles. The smallest absolute Gasteiger partial charge is 0.192 e. The van der Waals surface area contributed by atoms with E-state index in [1.807, 2.05) is 0 Å². The minimum absolute atomic E-state index is 0.350. The molecule has 0 spiro atoms. The van der Waals surface area contributed by atoms with E-state index in [-0.39, 0.29) is 0 Å². The lowest BCUT2D eigenvalue weighted by Crippen LogP contribution is -2.66. The molecule has 3 rings (SSSR count). The first kappa shape index (κ1) is 12.1. The van der Waals surface area contributed by atoms with Crippen LogP contribution in [0.25, 0.3) is 0 Å². The van der Waals surface area contributed by atoms with Gasteiger partial charge in [-0.05, 0) is 42.8 Å². The molecule has 0 aromatic heterocycles. The van der Waals surface area contributed by atoms with Gasteiger partial charge in [0.1, 0.15) is 0 Å². The first-order chi connectivity index (χ1) is 6.58. The van der Waals surface area contributed by atoms with Gasteiger partial charge in [-0.2, -0.15) is 0 Å². The van der Waals surface area contributed by atoms with Crippen LogP contribution in [0.1, 0.15) is 40.0 Å². The van der Waals surface area contributed by atoms with Gasteiger partial charge in [-0.25, -0.2) is 0 Å². The number of alkyl halides is 1. The lowest BCUT2D eigenvalue weighted by Gasteiger charge is -2.68. The third-order valence-corrected chi connectivity index (χ3v) is 9.94. The second kappa shape index (κ2) is 3.11. The van der Waals surface area contributed by atoms with Gasteiger partial charge in [-0.1, -0.05) is 36.7 Å². The molecule has 1 nitrogen and oxygen atoms in total. The van der Waals surface area contributed by atoms with Crippen LogP contribution in [0, 0.1) is 5.41 Å². The van der Waals surface area contributed by atoms with Crippen LogP contribution in [-0.4, -0.2) is 19.2 Å². The molecule has 3 heteroatoms. The van der Waals surface area contributed by atoms with E-state index in [9.17, 15) is 0 Å². The van der Waals surface area contributed by atoms with Crippen molar-refractivity contribution in [3.8, 4) is 0 Å². The minimum Gasteiger partial charge on any atom is -0.416 e. The highest BCUT2D eigenvalue weighted by atomic mass is 79.9. The number of halogens is 1. The molecule has 3 aliphatic rings. The molecule has 0 atom stereocenters. The van der Waals surface area contributed by atoms with Crippen LogP contribution in [0.4, 0.5) is 0 Å². The Bertz CT molecular complexity index is 260. The highest BCUT2D eigenvalue weighted by Gasteiger charge is 2.66. The summed E-state index contributed by atoms with van der Waals surface area (Å²) >= 11 is 3.78. The molecule has 0 heterocycles. The van der Waals surface area contributed by atoms with Crippen molar-refractivity contribution < 1.29 is 4.43 Å². The van der Waals surface area contributed by atoms with Gasteiger partial charge in [-0.3, -0.25) is 0 Å². The van der Waals surface area contributed by atoms with Gasteiger partial charge >= 0.3 is 0 Å². The predicted octanol–water partition coefficient (Wildman–Crippen LogP) is 4.33. The lowest BCUT2D eigenvalue weighted by atomic mass is 9.44. The average molecular weight is 291 g/mol. The van der Waals surface area contributed by atoms with Gasteiger partial charge in [0.15, 0.2) is 8.32 Å². The maximum atomic E-state index is 6.30. The van der Waals surface area contributed by atoms with Crippen molar-refractivity contribution >= 4 is 24.2 Å². The van der Waals surface area contributed by atoms with Gasteiger partial charge in [0.25, 0.3) is 0 Å². The highest BCUT2D eigenvalue weighted by Crippen LogP contribution is 2.71. The first-order valence-electron chi connectivity index (χ1n) is 5.91. The Hall–Kier alpha value is 0.657. The van der Waals surface area contributed by atoms with Crippen LogP contribution in [0.2, 0.25) is 18.1 Å². The quantitative estimate of drug-likeness (QED) is 0.555. The van der Waals surface area contributed by atoms with Crippen molar-refractivity contribution in [3.05, 3.63) is 0 Å². The zero-order valence-electron chi connectivity index (χ0n) is 10.6. The van der Waals surface area contributed by atoms with Gasteiger partial charge < -0.3 is 4.43 Å². The Morgan fingerprint density at radius 2 is 1.67 bits per heavy atom. The van der Waals surface area contributed by atoms with E-state index in [1.54, 1.807) is 0 Å². The Morgan fingerprint density at radius 3 is 2.00 bits per heavy atom. The monoisotopic (exact) mass is 290 g/mol. The topological polar surface area (TPSA) is 9.23 Å². The molecule has 0 aliphatic heterocycles. The summed E-state index contributed by atoms with van der Waals surface area (Å²) in [6, 6.07) is 0. The van der Waals surface area contributed by atoms with Crippen LogP contribution in [0.5, 0.6) is 0 Å². The Kier molecular flexibility index (Phi) is 2.51. The van der Waals surface area contributed by atoms with E-state index in [0.29, 0.717) is 14.8 Å². The summed E-state index contributed by atoms with van der Waals surface area (Å²) in [4.78, 5) is 0. The van der Waals surface area contributed by atoms with E-state index in [4.69, 9.17) is 4.43 Å². The molecule has 0 aromatic rings. The fourth-order valence-electron chi connectivity index (χ4n) is 2.56. The van der Waals surface area contributed by atoms with Gasteiger partial charge in [0.05, 0.1) is 0 Å². The SMILES string of the molecule is CC(C)(C)[Si](C)(C)OCC12CC(Br)(C1)C2. The molecular formula is C12H23BrOSi. The molecule has 3 aliphatic carbocycles. The maximum Gasteiger partial charge on any atom is 0.192 e. The summed E-state index contributed by atoms with van der Waals surface area (Å²) in [5.74, 6) is 0. The van der Waals surface area contributed by atoms with Crippen molar-refractivity contribution in [2.24, 2.45) is 5.41 Å². The molecule has 15 heavy (non-hydrogen) atoms. The lowest BCUT2D eigenvalue weighted by molar-refractivity contribution is -0.103. The van der Waals surface area contributed by atoms with Crippen molar-refractivity contribution in [3.63, 3.8) is 0 Å². The van der Waals surface area contributed by atoms with Crippen molar-refractivity contribution in [1.82, 2.24) is 0 Å². The van der Waals surface area contributed by atoms with Crippen LogP contribution in [-0.2, 0) is 4.43 Å². The van der Waals surface area contributed by atoms with E-state index in [1.165, 1.54) is 19.3 Å². The predicted molar refractivity (Wildman–Crippen MR) is 71.1 cm³/mol. The molecule has 3 saturated carbocycles. The zero-order valence-corrected chi connectivity index (χ0v) is 13.2. The largest absolute Gasteiger partial charge is 0.416 e. The number of hydrogen-bond donors (Lipinski definition) is 0. The molecule has 0 saturated heterocycles. The van der Waals surface area contributed by atoms with Crippen molar-refractivity contribution in [2.45, 2.75) is 62.5 Å². The molecule has 0 amide bonds. The second-order valence-corrected chi connectivity index (χ2v) is 13.7.